The fourth-order valence-corrected chi connectivity index (χ4v) is 1.31. The monoisotopic (exact) mass is 258 g/mol. The Morgan fingerprint density at radius 3 is 1.94 bits per heavy atom. The van der Waals surface area contributed by atoms with Gasteiger partial charge in [-0.1, -0.05) is 41.5 Å². The first-order valence-electron chi connectivity index (χ1n) is 6.82. The summed E-state index contributed by atoms with van der Waals surface area (Å²) in [6, 6.07) is 0. The zero-order chi connectivity index (χ0) is 14.2. The molecule has 3 heteroatoms. The molecule has 0 aliphatic rings. The summed E-state index contributed by atoms with van der Waals surface area (Å²) in [7, 11) is 0. The van der Waals surface area contributed by atoms with Crippen LogP contribution in [0.4, 0.5) is 0 Å². The van der Waals surface area contributed by atoms with Gasteiger partial charge in [0.1, 0.15) is 6.61 Å². The Balaban J connectivity index is 3.35. The Kier molecular flexibility index (Phi) is 7.72. The highest BCUT2D eigenvalue weighted by molar-refractivity contribution is 5.84. The number of ketones is 1. The van der Waals surface area contributed by atoms with E-state index in [1.54, 1.807) is 0 Å². The van der Waals surface area contributed by atoms with Crippen molar-refractivity contribution in [2.45, 2.75) is 54.4 Å². The first-order valence-corrected chi connectivity index (χ1v) is 6.82. The Bertz CT molecular complexity index is 233. The van der Waals surface area contributed by atoms with Gasteiger partial charge in [0.05, 0.1) is 13.2 Å². The molecule has 0 atom stereocenters. The van der Waals surface area contributed by atoms with Gasteiger partial charge in [-0.05, 0) is 18.3 Å². The van der Waals surface area contributed by atoms with Crippen LogP contribution in [0.15, 0.2) is 0 Å². The zero-order valence-corrected chi connectivity index (χ0v) is 13.0. The second kappa shape index (κ2) is 7.90. The Labute approximate surface area is 112 Å². The minimum Gasteiger partial charge on any atom is -0.379 e. The van der Waals surface area contributed by atoms with Crippen LogP contribution in [0.1, 0.15) is 54.4 Å². The third-order valence-corrected chi connectivity index (χ3v) is 2.66. The van der Waals surface area contributed by atoms with Crippen LogP contribution in [-0.4, -0.2) is 32.2 Å². The van der Waals surface area contributed by atoms with Gasteiger partial charge < -0.3 is 9.47 Å². The van der Waals surface area contributed by atoms with Crippen LogP contribution in [0, 0.1) is 10.8 Å². The van der Waals surface area contributed by atoms with E-state index in [-0.39, 0.29) is 17.8 Å². The minimum atomic E-state index is -0.312. The molecule has 0 fully saturated rings. The summed E-state index contributed by atoms with van der Waals surface area (Å²) >= 11 is 0. The summed E-state index contributed by atoms with van der Waals surface area (Å²) in [5.74, 6) is 0.134. The molecule has 0 spiro atoms. The highest BCUT2D eigenvalue weighted by atomic mass is 16.5. The average Bonchev–Trinajstić information content (AvgIpc) is 2.18. The lowest BCUT2D eigenvalue weighted by molar-refractivity contribution is -0.131. The van der Waals surface area contributed by atoms with Crippen molar-refractivity contribution < 1.29 is 14.3 Å². The lowest BCUT2D eigenvalue weighted by atomic mass is 9.91. The minimum absolute atomic E-state index is 0.134. The predicted molar refractivity (Wildman–Crippen MR) is 74.8 cm³/mol. The van der Waals surface area contributed by atoms with Crippen molar-refractivity contribution in [3.63, 3.8) is 0 Å². The first kappa shape index (κ1) is 17.6. The molecule has 0 saturated heterocycles. The molecule has 0 unspecified atom stereocenters. The van der Waals surface area contributed by atoms with Crippen molar-refractivity contribution in [3.05, 3.63) is 0 Å². The lowest BCUT2D eigenvalue weighted by Crippen LogP contribution is -2.25. The van der Waals surface area contributed by atoms with E-state index >= 15 is 0 Å². The second-order valence-electron chi connectivity index (χ2n) is 7.00. The number of Topliss-reactive ketones (excluding diaryl/α,β-unsaturated/α-hetero) is 1. The quantitative estimate of drug-likeness (QED) is 0.625. The Hall–Kier alpha value is -0.410. The third kappa shape index (κ3) is 10.7. The van der Waals surface area contributed by atoms with E-state index in [0.29, 0.717) is 18.6 Å². The maximum Gasteiger partial charge on any atom is 0.163 e. The van der Waals surface area contributed by atoms with Crippen LogP contribution in [0.5, 0.6) is 0 Å². The van der Waals surface area contributed by atoms with Crippen molar-refractivity contribution in [1.82, 2.24) is 0 Å². The van der Waals surface area contributed by atoms with E-state index in [2.05, 4.69) is 20.8 Å². The van der Waals surface area contributed by atoms with Crippen molar-refractivity contribution in [2.24, 2.45) is 10.8 Å². The Morgan fingerprint density at radius 1 is 0.889 bits per heavy atom. The number of carbonyl (C=O) groups excluding carboxylic acids is 1. The molecule has 3 nitrogen and oxygen atoms in total. The maximum absolute atomic E-state index is 11.5. The Morgan fingerprint density at radius 2 is 1.44 bits per heavy atom. The van der Waals surface area contributed by atoms with E-state index in [0.717, 1.165) is 19.4 Å². The van der Waals surface area contributed by atoms with Crippen molar-refractivity contribution in [3.8, 4) is 0 Å². The van der Waals surface area contributed by atoms with E-state index in [1.807, 2.05) is 20.8 Å². The van der Waals surface area contributed by atoms with E-state index in [1.165, 1.54) is 0 Å². The smallest absolute Gasteiger partial charge is 0.163 e. The van der Waals surface area contributed by atoms with Gasteiger partial charge in [0.2, 0.25) is 0 Å². The molecule has 0 radical (unpaired) electrons. The highest BCUT2D eigenvalue weighted by Gasteiger charge is 2.20. The SMILES string of the molecule is CC(C)(C)CCCOCCOCC(=O)C(C)(C)C. The maximum atomic E-state index is 11.5. The van der Waals surface area contributed by atoms with Gasteiger partial charge in [-0.2, -0.15) is 0 Å². The van der Waals surface area contributed by atoms with Crippen LogP contribution in [0.25, 0.3) is 0 Å². The second-order valence-corrected chi connectivity index (χ2v) is 7.00. The van der Waals surface area contributed by atoms with Gasteiger partial charge in [-0.15, -0.1) is 0 Å². The molecule has 0 saturated carbocycles. The summed E-state index contributed by atoms with van der Waals surface area (Å²) in [6.07, 6.45) is 2.24. The topological polar surface area (TPSA) is 35.5 Å². The number of carbonyl (C=O) groups is 1. The van der Waals surface area contributed by atoms with Crippen LogP contribution >= 0.6 is 0 Å². The number of rotatable bonds is 8. The molecule has 0 N–H and O–H groups in total. The van der Waals surface area contributed by atoms with Gasteiger partial charge in [0.15, 0.2) is 5.78 Å². The number of hydrogen-bond acceptors (Lipinski definition) is 3. The van der Waals surface area contributed by atoms with E-state index in [9.17, 15) is 4.79 Å². The molecule has 0 aliphatic heterocycles. The molecular weight excluding hydrogens is 228 g/mol. The average molecular weight is 258 g/mol. The van der Waals surface area contributed by atoms with Gasteiger partial charge in [-0.25, -0.2) is 0 Å². The van der Waals surface area contributed by atoms with Crippen molar-refractivity contribution in [2.75, 3.05) is 26.4 Å². The largest absolute Gasteiger partial charge is 0.379 e. The molecule has 18 heavy (non-hydrogen) atoms. The molecule has 0 bridgehead atoms. The van der Waals surface area contributed by atoms with Gasteiger partial charge in [0.25, 0.3) is 0 Å². The zero-order valence-electron chi connectivity index (χ0n) is 13.0. The molecule has 0 aliphatic carbocycles. The molecule has 0 rings (SSSR count). The summed E-state index contributed by atoms with van der Waals surface area (Å²) in [5, 5.41) is 0. The van der Waals surface area contributed by atoms with Gasteiger partial charge in [0, 0.05) is 12.0 Å². The standard InChI is InChI=1S/C15H30O3/c1-14(2,3)8-7-9-17-10-11-18-12-13(16)15(4,5)6/h7-12H2,1-6H3. The summed E-state index contributed by atoms with van der Waals surface area (Å²) < 4.78 is 10.8. The third-order valence-electron chi connectivity index (χ3n) is 2.66. The number of ether oxygens (including phenoxy) is 2. The number of hydrogen-bond donors (Lipinski definition) is 0. The fourth-order valence-electron chi connectivity index (χ4n) is 1.31. The van der Waals surface area contributed by atoms with E-state index in [4.69, 9.17) is 9.47 Å². The van der Waals surface area contributed by atoms with Crippen LogP contribution < -0.4 is 0 Å². The molecular formula is C15H30O3. The fraction of sp³-hybridized carbons (Fsp3) is 0.933. The van der Waals surface area contributed by atoms with Crippen LogP contribution in [-0.2, 0) is 14.3 Å². The van der Waals surface area contributed by atoms with Crippen molar-refractivity contribution in [1.29, 1.82) is 0 Å². The lowest BCUT2D eigenvalue weighted by Gasteiger charge is -2.17. The normalized spacial score (nSPS) is 12.8. The van der Waals surface area contributed by atoms with Crippen LogP contribution in [0.3, 0.4) is 0 Å². The van der Waals surface area contributed by atoms with Crippen LogP contribution in [0.2, 0.25) is 0 Å². The molecule has 0 aromatic heterocycles. The van der Waals surface area contributed by atoms with Crippen molar-refractivity contribution >= 4 is 5.78 Å². The molecule has 0 aromatic rings. The predicted octanol–water partition coefficient (Wildman–Crippen LogP) is 3.46. The summed E-state index contributed by atoms with van der Waals surface area (Å²) in [5.41, 5.74) is 0.0621. The molecule has 108 valence electrons. The molecule has 0 aromatic carbocycles. The van der Waals surface area contributed by atoms with Gasteiger partial charge >= 0.3 is 0 Å². The molecule has 0 heterocycles. The highest BCUT2D eigenvalue weighted by Crippen LogP contribution is 2.20. The van der Waals surface area contributed by atoms with E-state index < -0.39 is 0 Å². The first-order chi connectivity index (χ1) is 8.13. The summed E-state index contributed by atoms with van der Waals surface area (Å²) in [6.45, 7) is 14.4. The molecule has 0 amide bonds. The summed E-state index contributed by atoms with van der Waals surface area (Å²) in [4.78, 5) is 11.5. The van der Waals surface area contributed by atoms with Gasteiger partial charge in [-0.3, -0.25) is 4.79 Å².